The van der Waals surface area contributed by atoms with Crippen LogP contribution in [0.2, 0.25) is 0 Å². The average Bonchev–Trinajstić information content (AvgIpc) is 2.23. The van der Waals surface area contributed by atoms with Crippen LogP contribution >= 0.6 is 0 Å². The number of nitrogens with two attached hydrogens (primary N) is 1. The maximum absolute atomic E-state index is 11.5. The van der Waals surface area contributed by atoms with Crippen molar-refractivity contribution < 1.29 is 23.2 Å². The second kappa shape index (κ2) is 6.57. The summed E-state index contributed by atoms with van der Waals surface area (Å²) in [5.41, 5.74) is 4.49. The van der Waals surface area contributed by atoms with E-state index in [4.69, 9.17) is 10.9 Å². The van der Waals surface area contributed by atoms with Crippen molar-refractivity contribution >= 4 is 22.1 Å². The molecule has 0 aliphatic heterocycles. The van der Waals surface area contributed by atoms with E-state index in [0.717, 1.165) is 0 Å². The van der Waals surface area contributed by atoms with Crippen LogP contribution in [0, 0.1) is 5.41 Å². The molecule has 19 heavy (non-hydrogen) atoms. The third-order valence-electron chi connectivity index (χ3n) is 2.07. The first-order chi connectivity index (χ1) is 8.50. The lowest BCUT2D eigenvalue weighted by molar-refractivity contribution is 0.121. The van der Waals surface area contributed by atoms with E-state index in [-0.39, 0.29) is 12.4 Å². The Hall–Kier alpha value is -1.55. The van der Waals surface area contributed by atoms with Gasteiger partial charge in [-0.05, 0) is 13.8 Å². The number of amides is 1. The van der Waals surface area contributed by atoms with Crippen molar-refractivity contribution in [2.75, 3.05) is 6.54 Å². The van der Waals surface area contributed by atoms with Crippen molar-refractivity contribution in [2.45, 2.75) is 33.8 Å². The Balaban J connectivity index is 4.52. The molecule has 0 radical (unpaired) electrons. The number of amidine groups is 1. The van der Waals surface area contributed by atoms with Gasteiger partial charge in [0.15, 0.2) is 0 Å². The van der Waals surface area contributed by atoms with Gasteiger partial charge in [-0.1, -0.05) is 19.0 Å². The SMILES string of the molecule is CC(C)OC(=O)NS(=O)(=O)NCC(C)(C)C(N)=NO. The molecule has 5 N–H and O–H groups in total. The Morgan fingerprint density at radius 2 is 2.00 bits per heavy atom. The Bertz CT molecular complexity index is 444. The molecule has 0 saturated heterocycles. The third-order valence-corrected chi connectivity index (χ3v) is 3.03. The predicted molar refractivity (Wildman–Crippen MR) is 68.9 cm³/mol. The van der Waals surface area contributed by atoms with Crippen LogP contribution in [0.15, 0.2) is 5.16 Å². The average molecular weight is 296 g/mol. The van der Waals surface area contributed by atoms with Gasteiger partial charge in [-0.25, -0.2) is 9.52 Å². The van der Waals surface area contributed by atoms with Gasteiger partial charge in [0.25, 0.3) is 0 Å². The molecule has 0 spiro atoms. The molecule has 0 rings (SSSR count). The summed E-state index contributed by atoms with van der Waals surface area (Å²) in [5, 5.41) is 11.3. The summed E-state index contributed by atoms with van der Waals surface area (Å²) < 4.78 is 31.4. The van der Waals surface area contributed by atoms with Crippen molar-refractivity contribution in [3.63, 3.8) is 0 Å². The molecule has 0 aliphatic carbocycles. The fourth-order valence-corrected chi connectivity index (χ4v) is 1.78. The number of ether oxygens (including phenoxy) is 1. The molecule has 0 aliphatic rings. The van der Waals surface area contributed by atoms with Crippen LogP contribution in [0.1, 0.15) is 27.7 Å². The zero-order valence-electron chi connectivity index (χ0n) is 11.3. The molecule has 0 heterocycles. The van der Waals surface area contributed by atoms with Crippen molar-refractivity contribution in [1.82, 2.24) is 9.44 Å². The van der Waals surface area contributed by atoms with E-state index in [2.05, 4.69) is 14.6 Å². The maximum atomic E-state index is 11.5. The van der Waals surface area contributed by atoms with Gasteiger partial charge in [-0.15, -0.1) is 0 Å². The summed E-state index contributed by atoms with van der Waals surface area (Å²) in [7, 11) is -4.07. The minimum absolute atomic E-state index is 0.139. The largest absolute Gasteiger partial charge is 0.446 e. The number of hydrogen-bond donors (Lipinski definition) is 4. The minimum atomic E-state index is -4.07. The van der Waals surface area contributed by atoms with Crippen molar-refractivity contribution in [1.29, 1.82) is 0 Å². The van der Waals surface area contributed by atoms with Gasteiger partial charge >= 0.3 is 16.3 Å². The van der Waals surface area contributed by atoms with E-state index in [9.17, 15) is 13.2 Å². The molecule has 0 aromatic carbocycles. The van der Waals surface area contributed by atoms with Crippen molar-refractivity contribution in [3.8, 4) is 0 Å². The Morgan fingerprint density at radius 3 is 2.42 bits per heavy atom. The number of carbonyl (C=O) groups is 1. The summed E-state index contributed by atoms with van der Waals surface area (Å²) in [6, 6.07) is 0. The second-order valence-corrected chi connectivity index (χ2v) is 6.25. The summed E-state index contributed by atoms with van der Waals surface area (Å²) >= 11 is 0. The van der Waals surface area contributed by atoms with E-state index < -0.39 is 27.8 Å². The van der Waals surface area contributed by atoms with E-state index in [1.54, 1.807) is 32.4 Å². The highest BCUT2D eigenvalue weighted by Crippen LogP contribution is 2.13. The lowest BCUT2D eigenvalue weighted by atomic mass is 9.93. The molecule has 0 bridgehead atoms. The predicted octanol–water partition coefficient (Wildman–Crippen LogP) is -0.272. The topological polar surface area (TPSA) is 143 Å². The summed E-state index contributed by atoms with van der Waals surface area (Å²) in [6.07, 6.45) is -1.52. The molecule has 1 amide bonds. The molecule has 10 heteroatoms. The van der Waals surface area contributed by atoms with E-state index in [0.29, 0.717) is 0 Å². The fourth-order valence-electron chi connectivity index (χ4n) is 0.885. The standard InChI is InChI=1S/C9H20N4O5S/c1-6(2)18-8(14)13-19(16,17)11-5-9(3,4)7(10)12-15/h6,11,15H,5H2,1-4H3,(H2,10,12)(H,13,14). The lowest BCUT2D eigenvalue weighted by Crippen LogP contribution is -2.47. The molecule has 0 fully saturated rings. The highest BCUT2D eigenvalue weighted by Gasteiger charge is 2.26. The van der Waals surface area contributed by atoms with Gasteiger partial charge in [-0.3, -0.25) is 0 Å². The third kappa shape index (κ3) is 6.82. The number of rotatable bonds is 6. The minimum Gasteiger partial charge on any atom is -0.446 e. The molecular formula is C9H20N4O5S. The molecular weight excluding hydrogens is 276 g/mol. The van der Waals surface area contributed by atoms with E-state index >= 15 is 0 Å². The van der Waals surface area contributed by atoms with Crippen molar-refractivity contribution in [3.05, 3.63) is 0 Å². The summed E-state index contributed by atoms with van der Waals surface area (Å²) in [6.45, 7) is 6.14. The normalized spacial score (nSPS) is 13.4. The Morgan fingerprint density at radius 1 is 1.47 bits per heavy atom. The Labute approximate surface area is 112 Å². The molecule has 0 saturated carbocycles. The van der Waals surface area contributed by atoms with Crippen molar-refractivity contribution in [2.24, 2.45) is 16.3 Å². The van der Waals surface area contributed by atoms with Gasteiger partial charge in [-0.2, -0.15) is 13.1 Å². The number of carbonyl (C=O) groups excluding carboxylic acids is 1. The first kappa shape index (κ1) is 17.4. The Kier molecular flexibility index (Phi) is 6.03. The number of oxime groups is 1. The first-order valence-electron chi connectivity index (χ1n) is 5.46. The van der Waals surface area contributed by atoms with Crippen LogP contribution in [0.4, 0.5) is 4.79 Å². The van der Waals surface area contributed by atoms with Crippen LogP contribution in [0.25, 0.3) is 0 Å². The van der Waals surface area contributed by atoms with Crippen LogP contribution in [0.5, 0.6) is 0 Å². The maximum Gasteiger partial charge on any atom is 0.422 e. The highest BCUT2D eigenvalue weighted by atomic mass is 32.2. The lowest BCUT2D eigenvalue weighted by Gasteiger charge is -2.23. The number of nitrogens with one attached hydrogen (secondary N) is 2. The van der Waals surface area contributed by atoms with Gasteiger partial charge < -0.3 is 15.7 Å². The van der Waals surface area contributed by atoms with Gasteiger partial charge in [0, 0.05) is 12.0 Å². The van der Waals surface area contributed by atoms with Gasteiger partial charge in [0.05, 0.1) is 6.10 Å². The zero-order chi connectivity index (χ0) is 15.3. The molecule has 0 atom stereocenters. The molecule has 0 aromatic rings. The molecule has 0 aromatic heterocycles. The van der Waals surface area contributed by atoms with Gasteiger partial charge in [0.1, 0.15) is 5.84 Å². The van der Waals surface area contributed by atoms with Crippen LogP contribution in [-0.2, 0) is 14.9 Å². The van der Waals surface area contributed by atoms with Crippen LogP contribution < -0.4 is 15.2 Å². The van der Waals surface area contributed by atoms with E-state index in [1.165, 1.54) is 0 Å². The van der Waals surface area contributed by atoms with E-state index in [1.807, 2.05) is 0 Å². The van der Waals surface area contributed by atoms with Gasteiger partial charge in [0.2, 0.25) is 0 Å². The molecule has 0 unspecified atom stereocenters. The first-order valence-corrected chi connectivity index (χ1v) is 6.94. The fraction of sp³-hybridized carbons (Fsp3) is 0.778. The summed E-state index contributed by atoms with van der Waals surface area (Å²) in [4.78, 5) is 11.1. The van der Waals surface area contributed by atoms with Crippen LogP contribution in [0.3, 0.4) is 0 Å². The summed E-state index contributed by atoms with van der Waals surface area (Å²) in [5.74, 6) is -0.139. The van der Waals surface area contributed by atoms with Crippen LogP contribution in [-0.4, -0.2) is 38.2 Å². The monoisotopic (exact) mass is 296 g/mol. The smallest absolute Gasteiger partial charge is 0.422 e. The highest BCUT2D eigenvalue weighted by molar-refractivity contribution is 7.88. The quantitative estimate of drug-likeness (QED) is 0.230. The number of hydrogen-bond acceptors (Lipinski definition) is 6. The number of nitrogens with zero attached hydrogens (tertiary/aromatic N) is 1. The zero-order valence-corrected chi connectivity index (χ0v) is 12.1. The molecule has 9 nitrogen and oxygen atoms in total. The molecule has 112 valence electrons. The second-order valence-electron chi connectivity index (χ2n) is 4.75.